The van der Waals surface area contributed by atoms with Crippen molar-refractivity contribution in [2.24, 2.45) is 5.73 Å². The highest BCUT2D eigenvalue weighted by molar-refractivity contribution is 5.62. The van der Waals surface area contributed by atoms with Gasteiger partial charge < -0.3 is 14.9 Å². The van der Waals surface area contributed by atoms with Crippen LogP contribution in [0.15, 0.2) is 34.9 Å². The molecule has 0 spiro atoms. The van der Waals surface area contributed by atoms with Gasteiger partial charge in [-0.2, -0.15) is 0 Å². The maximum absolute atomic E-state index is 5.58. The van der Waals surface area contributed by atoms with Crippen molar-refractivity contribution in [3.63, 3.8) is 0 Å². The lowest BCUT2D eigenvalue weighted by atomic mass is 10.2. The van der Waals surface area contributed by atoms with Crippen LogP contribution in [-0.4, -0.2) is 18.6 Å². The van der Waals surface area contributed by atoms with Crippen molar-refractivity contribution in [3.8, 4) is 17.2 Å². The monoisotopic (exact) mass is 218 g/mol. The number of methoxy groups -OCH3 is 1. The first kappa shape index (κ1) is 10.7. The van der Waals surface area contributed by atoms with Gasteiger partial charge in [-0.3, -0.25) is 0 Å². The summed E-state index contributed by atoms with van der Waals surface area (Å²) in [6.45, 7) is 0.556. The van der Waals surface area contributed by atoms with Gasteiger partial charge in [0.2, 0.25) is 5.89 Å². The van der Waals surface area contributed by atoms with Crippen LogP contribution in [0.1, 0.15) is 5.76 Å². The van der Waals surface area contributed by atoms with Crippen molar-refractivity contribution in [2.75, 3.05) is 13.7 Å². The second kappa shape index (κ2) is 4.81. The predicted molar refractivity (Wildman–Crippen MR) is 61.2 cm³/mol. The molecule has 0 aliphatic heterocycles. The van der Waals surface area contributed by atoms with Crippen molar-refractivity contribution in [1.82, 2.24) is 4.98 Å². The molecule has 16 heavy (non-hydrogen) atoms. The number of hydrogen-bond donors (Lipinski definition) is 1. The van der Waals surface area contributed by atoms with E-state index >= 15 is 0 Å². The predicted octanol–water partition coefficient (Wildman–Crippen LogP) is 1.85. The minimum atomic E-state index is 0.556. The van der Waals surface area contributed by atoms with Gasteiger partial charge in [-0.25, -0.2) is 4.98 Å². The number of ether oxygens (including phenoxy) is 1. The van der Waals surface area contributed by atoms with E-state index in [1.54, 1.807) is 13.3 Å². The van der Waals surface area contributed by atoms with Crippen molar-refractivity contribution >= 4 is 0 Å². The highest BCUT2D eigenvalue weighted by atomic mass is 16.5. The summed E-state index contributed by atoms with van der Waals surface area (Å²) in [5, 5.41) is 0. The average Bonchev–Trinajstić information content (AvgIpc) is 2.78. The molecule has 2 rings (SSSR count). The standard InChI is InChI=1S/C12H14N2O2/c1-15-11-5-3-2-4-10(11)12-14-8-9(16-12)6-7-13/h2-5,8H,6-7,13H2,1H3. The summed E-state index contributed by atoms with van der Waals surface area (Å²) in [4.78, 5) is 4.21. The average molecular weight is 218 g/mol. The lowest BCUT2D eigenvalue weighted by Gasteiger charge is -2.03. The molecule has 0 fully saturated rings. The van der Waals surface area contributed by atoms with Gasteiger partial charge in [-0.1, -0.05) is 12.1 Å². The molecule has 0 aliphatic carbocycles. The molecule has 84 valence electrons. The fourth-order valence-corrected chi connectivity index (χ4v) is 1.51. The van der Waals surface area contributed by atoms with Crippen LogP contribution in [0.2, 0.25) is 0 Å². The molecule has 1 aromatic carbocycles. The van der Waals surface area contributed by atoms with Crippen LogP contribution in [0.5, 0.6) is 5.75 Å². The van der Waals surface area contributed by atoms with E-state index in [2.05, 4.69) is 4.98 Å². The summed E-state index contributed by atoms with van der Waals surface area (Å²) < 4.78 is 10.8. The summed E-state index contributed by atoms with van der Waals surface area (Å²) >= 11 is 0. The quantitative estimate of drug-likeness (QED) is 0.850. The zero-order valence-electron chi connectivity index (χ0n) is 9.14. The summed E-state index contributed by atoms with van der Waals surface area (Å²) in [5.41, 5.74) is 6.31. The molecule has 2 N–H and O–H groups in total. The summed E-state index contributed by atoms with van der Waals surface area (Å²) in [6.07, 6.45) is 2.40. The molecule has 4 nitrogen and oxygen atoms in total. The van der Waals surface area contributed by atoms with Gasteiger partial charge in [0.05, 0.1) is 18.9 Å². The van der Waals surface area contributed by atoms with Gasteiger partial charge in [0.1, 0.15) is 11.5 Å². The first-order valence-corrected chi connectivity index (χ1v) is 5.13. The number of nitrogens with two attached hydrogens (primary N) is 1. The number of aromatic nitrogens is 1. The first-order chi connectivity index (χ1) is 7.85. The molecule has 2 aromatic rings. The Morgan fingerprint density at radius 3 is 2.94 bits per heavy atom. The smallest absolute Gasteiger partial charge is 0.229 e. The first-order valence-electron chi connectivity index (χ1n) is 5.13. The molecule has 0 amide bonds. The van der Waals surface area contributed by atoms with Crippen molar-refractivity contribution in [3.05, 3.63) is 36.2 Å². The van der Waals surface area contributed by atoms with E-state index in [9.17, 15) is 0 Å². The van der Waals surface area contributed by atoms with Crippen LogP contribution in [0.25, 0.3) is 11.5 Å². The number of hydrogen-bond acceptors (Lipinski definition) is 4. The molecule has 0 atom stereocenters. The van der Waals surface area contributed by atoms with E-state index < -0.39 is 0 Å². The van der Waals surface area contributed by atoms with Crippen LogP contribution < -0.4 is 10.5 Å². The van der Waals surface area contributed by atoms with E-state index in [0.29, 0.717) is 18.9 Å². The summed E-state index contributed by atoms with van der Waals surface area (Å²) in [7, 11) is 1.63. The van der Waals surface area contributed by atoms with E-state index in [1.807, 2.05) is 24.3 Å². The van der Waals surface area contributed by atoms with Gasteiger partial charge in [-0.05, 0) is 18.7 Å². The largest absolute Gasteiger partial charge is 0.496 e. The van der Waals surface area contributed by atoms with Crippen molar-refractivity contribution in [2.45, 2.75) is 6.42 Å². The molecule has 4 heteroatoms. The maximum Gasteiger partial charge on any atom is 0.229 e. The van der Waals surface area contributed by atoms with Gasteiger partial charge in [-0.15, -0.1) is 0 Å². The van der Waals surface area contributed by atoms with Gasteiger partial charge in [0.15, 0.2) is 0 Å². The lowest BCUT2D eigenvalue weighted by Crippen LogP contribution is -2.01. The number of oxazole rings is 1. The molecule has 0 bridgehead atoms. The minimum Gasteiger partial charge on any atom is -0.496 e. The molecular formula is C12H14N2O2. The Labute approximate surface area is 94.1 Å². The van der Waals surface area contributed by atoms with E-state index in [0.717, 1.165) is 17.1 Å². The third-order valence-corrected chi connectivity index (χ3v) is 2.28. The molecule has 0 saturated heterocycles. The normalized spacial score (nSPS) is 10.4. The molecule has 1 aromatic heterocycles. The van der Waals surface area contributed by atoms with Crippen LogP contribution in [0.4, 0.5) is 0 Å². The van der Waals surface area contributed by atoms with E-state index in [-0.39, 0.29) is 0 Å². The zero-order valence-corrected chi connectivity index (χ0v) is 9.14. The Morgan fingerprint density at radius 2 is 2.19 bits per heavy atom. The van der Waals surface area contributed by atoms with Crippen LogP contribution in [0.3, 0.4) is 0 Å². The Kier molecular flexibility index (Phi) is 3.22. The Hall–Kier alpha value is -1.81. The highest BCUT2D eigenvalue weighted by Crippen LogP contribution is 2.28. The van der Waals surface area contributed by atoms with Gasteiger partial charge in [0, 0.05) is 6.42 Å². The second-order valence-electron chi connectivity index (χ2n) is 3.37. The fourth-order valence-electron chi connectivity index (χ4n) is 1.51. The molecule has 0 radical (unpaired) electrons. The van der Waals surface area contributed by atoms with Crippen molar-refractivity contribution < 1.29 is 9.15 Å². The van der Waals surface area contributed by atoms with E-state index in [4.69, 9.17) is 14.9 Å². The van der Waals surface area contributed by atoms with E-state index in [1.165, 1.54) is 0 Å². The van der Waals surface area contributed by atoms with Crippen LogP contribution in [-0.2, 0) is 6.42 Å². The summed E-state index contributed by atoms with van der Waals surface area (Å²) in [5.74, 6) is 2.12. The Morgan fingerprint density at radius 1 is 1.38 bits per heavy atom. The third kappa shape index (κ3) is 2.06. The topological polar surface area (TPSA) is 61.3 Å². The molecular weight excluding hydrogens is 204 g/mol. The lowest BCUT2D eigenvalue weighted by molar-refractivity contribution is 0.413. The number of para-hydroxylation sites is 1. The van der Waals surface area contributed by atoms with Crippen LogP contribution >= 0.6 is 0 Å². The van der Waals surface area contributed by atoms with Crippen LogP contribution in [0, 0.1) is 0 Å². The summed E-state index contributed by atoms with van der Waals surface area (Å²) in [6, 6.07) is 7.62. The highest BCUT2D eigenvalue weighted by Gasteiger charge is 2.10. The van der Waals surface area contributed by atoms with Gasteiger partial charge in [0.25, 0.3) is 0 Å². The molecule has 0 saturated carbocycles. The molecule has 0 aliphatic rings. The zero-order chi connectivity index (χ0) is 11.4. The maximum atomic E-state index is 5.58. The third-order valence-electron chi connectivity index (χ3n) is 2.28. The molecule has 1 heterocycles. The second-order valence-corrected chi connectivity index (χ2v) is 3.37. The van der Waals surface area contributed by atoms with Gasteiger partial charge >= 0.3 is 0 Å². The number of rotatable bonds is 4. The Bertz CT molecular complexity index is 466. The molecule has 0 unspecified atom stereocenters. The minimum absolute atomic E-state index is 0.556. The Balaban J connectivity index is 2.34. The SMILES string of the molecule is COc1ccccc1-c1ncc(CCN)o1. The number of benzene rings is 1. The fraction of sp³-hybridized carbons (Fsp3) is 0.250. The number of nitrogens with zero attached hydrogens (tertiary/aromatic N) is 1. The van der Waals surface area contributed by atoms with Crippen molar-refractivity contribution in [1.29, 1.82) is 0 Å².